The van der Waals surface area contributed by atoms with Crippen molar-refractivity contribution in [3.63, 3.8) is 0 Å². The summed E-state index contributed by atoms with van der Waals surface area (Å²) in [5.74, 6) is 2.78. The van der Waals surface area contributed by atoms with Crippen molar-refractivity contribution in [3.05, 3.63) is 28.5 Å². The fourth-order valence-electron chi connectivity index (χ4n) is 2.64. The van der Waals surface area contributed by atoms with E-state index in [0.29, 0.717) is 16.6 Å². The minimum absolute atomic E-state index is 0.0776. The van der Waals surface area contributed by atoms with Gasteiger partial charge in [-0.3, -0.25) is 0 Å². The number of thioether (sulfide) groups is 1. The molecule has 1 saturated heterocycles. The van der Waals surface area contributed by atoms with E-state index in [0.717, 1.165) is 0 Å². The molecule has 9 nitrogen and oxygen atoms in total. The summed E-state index contributed by atoms with van der Waals surface area (Å²) in [4.78, 5) is 10.8. The highest BCUT2D eigenvalue weighted by Gasteiger charge is 2.43. The monoisotopic (exact) mass is 331 g/mol. The van der Waals surface area contributed by atoms with Gasteiger partial charge in [0.25, 0.3) is 0 Å². The van der Waals surface area contributed by atoms with Gasteiger partial charge in [0.15, 0.2) is 0 Å². The highest BCUT2D eigenvalue weighted by molar-refractivity contribution is 8.00. The Bertz CT molecular complexity index is 839. The zero-order chi connectivity index (χ0) is 16.6. The maximum absolute atomic E-state index is 10.3. The van der Waals surface area contributed by atoms with E-state index in [9.17, 15) is 10.2 Å². The third-order valence-corrected chi connectivity index (χ3v) is 5.29. The Hall–Kier alpha value is -2.44. The first-order valence-electron chi connectivity index (χ1n) is 6.68. The largest absolute Gasteiger partial charge is 0.389 e. The molecule has 2 aromatic heterocycles. The van der Waals surface area contributed by atoms with Crippen molar-refractivity contribution >= 4 is 28.6 Å². The summed E-state index contributed by atoms with van der Waals surface area (Å²) in [6, 6.07) is 0. The third-order valence-electron chi connectivity index (χ3n) is 3.73. The van der Waals surface area contributed by atoms with Crippen molar-refractivity contribution in [3.8, 4) is 12.3 Å². The number of aliphatic hydroxyl groups is 2. The molecule has 1 fully saturated rings. The first-order chi connectivity index (χ1) is 11.1. The summed E-state index contributed by atoms with van der Waals surface area (Å²) in [6.07, 6.45) is 6.38. The molecule has 0 spiro atoms. The summed E-state index contributed by atoms with van der Waals surface area (Å²) >= 11 is 1.29. The van der Waals surface area contributed by atoms with Crippen molar-refractivity contribution in [2.24, 2.45) is 5.11 Å². The van der Waals surface area contributed by atoms with Crippen LogP contribution in [0.1, 0.15) is 10.9 Å². The Morgan fingerprint density at radius 1 is 1.48 bits per heavy atom. The van der Waals surface area contributed by atoms with Gasteiger partial charge in [0.1, 0.15) is 29.3 Å². The van der Waals surface area contributed by atoms with Crippen molar-refractivity contribution in [1.29, 1.82) is 0 Å². The Kier molecular flexibility index (Phi) is 4.02. The van der Waals surface area contributed by atoms with Gasteiger partial charge < -0.3 is 20.5 Å². The van der Waals surface area contributed by atoms with Crippen LogP contribution in [0.4, 0.5) is 5.82 Å². The fraction of sp³-hybridized carbons (Fsp3) is 0.385. The highest BCUT2D eigenvalue weighted by atomic mass is 32.2. The third kappa shape index (κ3) is 2.46. The lowest BCUT2D eigenvalue weighted by molar-refractivity contribution is 0.0196. The SMILES string of the molecule is C#Cc1cn([C@@H]2S[C@H](CN=[N+]=[N-])[C@@H](O)[C@H]2O)c2ncnc(N)c12. The first kappa shape index (κ1) is 15.5. The predicted octanol–water partition coefficient (Wildman–Crippen LogP) is 0.641. The van der Waals surface area contributed by atoms with E-state index in [-0.39, 0.29) is 12.4 Å². The van der Waals surface area contributed by atoms with Crippen LogP contribution in [0.25, 0.3) is 21.5 Å². The van der Waals surface area contributed by atoms with Crippen LogP contribution in [-0.2, 0) is 0 Å². The number of terminal acetylenes is 1. The van der Waals surface area contributed by atoms with Crippen LogP contribution in [0.5, 0.6) is 0 Å². The summed E-state index contributed by atoms with van der Waals surface area (Å²) in [5, 5.41) is 23.5. The van der Waals surface area contributed by atoms with Crippen molar-refractivity contribution in [2.45, 2.75) is 22.8 Å². The normalized spacial score (nSPS) is 26.8. The van der Waals surface area contributed by atoms with Crippen LogP contribution in [0, 0.1) is 12.3 Å². The molecule has 118 valence electrons. The summed E-state index contributed by atoms with van der Waals surface area (Å²) in [6.45, 7) is 0.0776. The Labute approximate surface area is 135 Å². The van der Waals surface area contributed by atoms with Gasteiger partial charge in [-0.25, -0.2) is 9.97 Å². The van der Waals surface area contributed by atoms with E-state index < -0.39 is 22.8 Å². The van der Waals surface area contributed by atoms with Gasteiger partial charge in [0, 0.05) is 22.9 Å². The average molecular weight is 331 g/mol. The molecule has 0 saturated carbocycles. The van der Waals surface area contributed by atoms with Crippen LogP contribution in [0.3, 0.4) is 0 Å². The molecular formula is C13H13N7O2S. The molecule has 0 amide bonds. The second-order valence-electron chi connectivity index (χ2n) is 5.01. The summed E-state index contributed by atoms with van der Waals surface area (Å²) < 4.78 is 1.68. The molecule has 3 rings (SSSR count). The summed E-state index contributed by atoms with van der Waals surface area (Å²) in [7, 11) is 0. The number of nitrogens with two attached hydrogens (primary N) is 1. The molecular weight excluding hydrogens is 318 g/mol. The molecule has 4 atom stereocenters. The summed E-state index contributed by atoms with van der Waals surface area (Å²) in [5.41, 5.74) is 15.3. The van der Waals surface area contributed by atoms with Crippen molar-refractivity contribution < 1.29 is 10.2 Å². The van der Waals surface area contributed by atoms with Crippen LogP contribution in [0.15, 0.2) is 17.6 Å². The Balaban J connectivity index is 2.06. The number of nitrogens with zero attached hydrogens (tertiary/aromatic N) is 6. The maximum Gasteiger partial charge on any atom is 0.147 e. The minimum Gasteiger partial charge on any atom is -0.389 e. The zero-order valence-corrected chi connectivity index (χ0v) is 12.6. The van der Waals surface area contributed by atoms with Crippen LogP contribution >= 0.6 is 11.8 Å². The molecule has 2 aromatic rings. The molecule has 3 heterocycles. The molecule has 23 heavy (non-hydrogen) atoms. The van der Waals surface area contributed by atoms with Gasteiger partial charge >= 0.3 is 0 Å². The topological polar surface area (TPSA) is 146 Å². The van der Waals surface area contributed by atoms with E-state index in [2.05, 4.69) is 25.9 Å². The lowest BCUT2D eigenvalue weighted by Crippen LogP contribution is -2.32. The molecule has 4 N–H and O–H groups in total. The maximum atomic E-state index is 10.3. The fourth-order valence-corrected chi connectivity index (χ4v) is 4.09. The number of aromatic nitrogens is 3. The smallest absolute Gasteiger partial charge is 0.147 e. The average Bonchev–Trinajstić information content (AvgIpc) is 3.06. The van der Waals surface area contributed by atoms with E-state index in [1.54, 1.807) is 10.8 Å². The number of rotatable bonds is 3. The number of nitrogen functional groups attached to an aromatic ring is 1. The Morgan fingerprint density at radius 2 is 2.26 bits per heavy atom. The van der Waals surface area contributed by atoms with Gasteiger partial charge in [0.05, 0.1) is 17.1 Å². The van der Waals surface area contributed by atoms with E-state index in [4.69, 9.17) is 17.7 Å². The molecule has 0 aromatic carbocycles. The number of hydrogen-bond donors (Lipinski definition) is 3. The first-order valence-corrected chi connectivity index (χ1v) is 7.62. The Morgan fingerprint density at radius 3 is 2.96 bits per heavy atom. The number of hydrogen-bond acceptors (Lipinski definition) is 7. The number of anilines is 1. The van der Waals surface area contributed by atoms with Gasteiger partial charge in [-0.2, -0.15) is 0 Å². The molecule has 0 radical (unpaired) electrons. The van der Waals surface area contributed by atoms with Gasteiger partial charge in [-0.05, 0) is 5.53 Å². The van der Waals surface area contributed by atoms with E-state index >= 15 is 0 Å². The van der Waals surface area contributed by atoms with Crippen molar-refractivity contribution in [1.82, 2.24) is 14.5 Å². The second-order valence-corrected chi connectivity index (χ2v) is 6.37. The van der Waals surface area contributed by atoms with Gasteiger partial charge in [-0.1, -0.05) is 11.0 Å². The zero-order valence-electron chi connectivity index (χ0n) is 11.8. The van der Waals surface area contributed by atoms with Crippen LogP contribution in [-0.4, -0.2) is 48.8 Å². The van der Waals surface area contributed by atoms with Gasteiger partial charge in [-0.15, -0.1) is 18.2 Å². The quantitative estimate of drug-likeness (QED) is 0.325. The number of azide groups is 1. The highest BCUT2D eigenvalue weighted by Crippen LogP contribution is 2.44. The second kappa shape index (κ2) is 5.98. The molecule has 1 aliphatic heterocycles. The molecule has 1 aliphatic rings. The number of fused-ring (bicyclic) bond motifs is 1. The lowest BCUT2D eigenvalue weighted by Gasteiger charge is -2.17. The van der Waals surface area contributed by atoms with Crippen molar-refractivity contribution in [2.75, 3.05) is 12.3 Å². The van der Waals surface area contributed by atoms with E-state index in [1.165, 1.54) is 18.1 Å². The molecule has 0 bridgehead atoms. The lowest BCUT2D eigenvalue weighted by atomic mass is 10.1. The van der Waals surface area contributed by atoms with Gasteiger partial charge in [0.2, 0.25) is 0 Å². The molecule has 10 heteroatoms. The molecule has 0 aliphatic carbocycles. The van der Waals surface area contributed by atoms with Crippen LogP contribution in [0.2, 0.25) is 0 Å². The standard InChI is InChI=1S/C13H13N7O2S/c1-2-6-4-20(12-8(6)11(14)16-5-17-12)13-10(22)9(21)7(23-13)3-18-19-15/h1,4-5,7,9-10,13,21-22H,3H2,(H2,14,16,17)/t7-,9-,10-,13-/m1/s1. The van der Waals surface area contributed by atoms with E-state index in [1.807, 2.05) is 0 Å². The van der Waals surface area contributed by atoms with Crippen LogP contribution < -0.4 is 5.73 Å². The number of aliphatic hydroxyl groups excluding tert-OH is 2. The molecule has 0 unspecified atom stereocenters. The predicted molar refractivity (Wildman–Crippen MR) is 86.3 cm³/mol. The minimum atomic E-state index is -1.06.